The van der Waals surface area contributed by atoms with Crippen LogP contribution in [0.25, 0.3) is 0 Å². The lowest BCUT2D eigenvalue weighted by atomic mass is 10.0. The van der Waals surface area contributed by atoms with Crippen molar-refractivity contribution in [1.29, 1.82) is 0 Å². The van der Waals surface area contributed by atoms with Crippen molar-refractivity contribution >= 4 is 51.5 Å². The Bertz CT molecular complexity index is 907. The molecule has 2 aliphatic rings. The van der Waals surface area contributed by atoms with E-state index in [0.717, 1.165) is 0 Å². The molecule has 3 rings (SSSR count). The molecule has 0 aliphatic carbocycles. The maximum Gasteiger partial charge on any atom is 0.276 e. The second-order valence-electron chi connectivity index (χ2n) is 5.92. The summed E-state index contributed by atoms with van der Waals surface area (Å²) in [5.41, 5.74) is 6.89. The predicted octanol–water partition coefficient (Wildman–Crippen LogP) is 0.895. The Balaban J connectivity index is 1.80. The Labute approximate surface area is 169 Å². The number of aromatic nitrogens is 1. The molecule has 1 fully saturated rings. The number of ketones is 1. The average molecular weight is 422 g/mol. The van der Waals surface area contributed by atoms with Gasteiger partial charge in [-0.2, -0.15) is 0 Å². The van der Waals surface area contributed by atoms with Gasteiger partial charge in [0.05, 0.1) is 5.70 Å². The maximum atomic E-state index is 12.7. The highest BCUT2D eigenvalue weighted by molar-refractivity contribution is 8.00. The molecule has 148 valence electrons. The molecule has 0 saturated carbocycles. The van der Waals surface area contributed by atoms with Crippen molar-refractivity contribution in [3.05, 3.63) is 35.0 Å². The molecule has 1 aromatic rings. The molecule has 3 N–H and O–H groups in total. The Hall–Kier alpha value is -2.66. The number of β-lactam (4-membered cyclic amide) rings is 1. The normalized spacial score (nSPS) is 21.7. The summed E-state index contributed by atoms with van der Waals surface area (Å²) in [6.45, 7) is 7.11. The number of thiazole rings is 1. The molecule has 0 radical (unpaired) electrons. The fraction of sp³-hybridized carbons (Fsp3) is 0.353. The van der Waals surface area contributed by atoms with Gasteiger partial charge in [0, 0.05) is 18.1 Å². The standard InChI is InChI=1S/C17H19N5O4S2/c1-4-9-6-27-16-12(15(25)22(16)13(9)8(3)23)20-14(24)11(21-26-5-2)10-7-28-17(18)19-10/h4,7,12,16H,1,5-6H2,2-3H3,(H2,18,19)(H,20,24)/b21-11+. The Morgan fingerprint density at radius 3 is 2.89 bits per heavy atom. The lowest BCUT2D eigenvalue weighted by Crippen LogP contribution is -2.70. The molecule has 28 heavy (non-hydrogen) atoms. The van der Waals surface area contributed by atoms with Crippen molar-refractivity contribution in [2.75, 3.05) is 18.1 Å². The summed E-state index contributed by atoms with van der Waals surface area (Å²) in [4.78, 5) is 47.9. The van der Waals surface area contributed by atoms with E-state index in [-0.39, 0.29) is 40.2 Å². The quantitative estimate of drug-likeness (QED) is 0.380. The van der Waals surface area contributed by atoms with Crippen LogP contribution < -0.4 is 11.1 Å². The van der Waals surface area contributed by atoms with Crippen LogP contribution in [0.2, 0.25) is 0 Å². The average Bonchev–Trinajstić information content (AvgIpc) is 3.10. The highest BCUT2D eigenvalue weighted by Gasteiger charge is 2.53. The second kappa shape index (κ2) is 8.15. The van der Waals surface area contributed by atoms with Crippen molar-refractivity contribution < 1.29 is 19.2 Å². The van der Waals surface area contributed by atoms with E-state index in [1.807, 2.05) is 0 Å². The summed E-state index contributed by atoms with van der Waals surface area (Å²) in [5, 5.41) is 8.00. The number of hydrogen-bond donors (Lipinski definition) is 2. The molecule has 2 amide bonds. The molecular formula is C17H19N5O4S2. The van der Waals surface area contributed by atoms with Gasteiger partial charge < -0.3 is 15.9 Å². The SMILES string of the molecule is C=CC1=C(C(C)=O)N2C(=O)C(NC(=O)/C(=N/OCC)c3csc(N)n3)C2SC1. The van der Waals surface area contributed by atoms with Gasteiger partial charge in [-0.25, -0.2) is 4.98 Å². The molecular weight excluding hydrogens is 402 g/mol. The molecule has 11 heteroatoms. The van der Waals surface area contributed by atoms with Crippen LogP contribution in [-0.4, -0.2) is 57.0 Å². The van der Waals surface area contributed by atoms with Gasteiger partial charge in [-0.05, 0) is 12.5 Å². The van der Waals surface area contributed by atoms with Crippen molar-refractivity contribution in [1.82, 2.24) is 15.2 Å². The van der Waals surface area contributed by atoms with E-state index in [0.29, 0.717) is 17.0 Å². The van der Waals surface area contributed by atoms with Gasteiger partial charge in [0.1, 0.15) is 23.7 Å². The van der Waals surface area contributed by atoms with Gasteiger partial charge in [-0.1, -0.05) is 17.8 Å². The van der Waals surface area contributed by atoms with Crippen molar-refractivity contribution in [2.45, 2.75) is 25.3 Å². The molecule has 3 heterocycles. The summed E-state index contributed by atoms with van der Waals surface area (Å²) in [6, 6.07) is -0.777. The van der Waals surface area contributed by atoms with Crippen LogP contribution in [0.15, 0.2) is 34.5 Å². The number of allylic oxidation sites excluding steroid dienone is 2. The minimum atomic E-state index is -0.777. The zero-order valence-corrected chi connectivity index (χ0v) is 16.9. The van der Waals surface area contributed by atoms with Crippen LogP contribution in [0.3, 0.4) is 0 Å². The van der Waals surface area contributed by atoms with E-state index in [2.05, 4.69) is 22.0 Å². The number of thioether (sulfide) groups is 1. The first kappa shape index (κ1) is 20.1. The van der Waals surface area contributed by atoms with Crippen molar-refractivity contribution in [3.8, 4) is 0 Å². The zero-order chi connectivity index (χ0) is 20.4. The van der Waals surface area contributed by atoms with E-state index in [1.54, 1.807) is 18.4 Å². The largest absolute Gasteiger partial charge is 0.395 e. The Morgan fingerprint density at radius 2 is 2.32 bits per heavy atom. The molecule has 0 spiro atoms. The summed E-state index contributed by atoms with van der Waals surface area (Å²) in [5.74, 6) is -0.638. The Kier molecular flexibility index (Phi) is 5.84. The Morgan fingerprint density at radius 1 is 1.57 bits per heavy atom. The molecule has 2 unspecified atom stereocenters. The number of nitrogens with one attached hydrogen (secondary N) is 1. The van der Waals surface area contributed by atoms with E-state index in [4.69, 9.17) is 10.6 Å². The number of carbonyl (C=O) groups is 3. The van der Waals surface area contributed by atoms with Crippen molar-refractivity contribution in [3.63, 3.8) is 0 Å². The van der Waals surface area contributed by atoms with Gasteiger partial charge in [-0.15, -0.1) is 23.1 Å². The van der Waals surface area contributed by atoms with Crippen LogP contribution in [0.5, 0.6) is 0 Å². The summed E-state index contributed by atoms with van der Waals surface area (Å²) in [6.07, 6.45) is 1.58. The minimum Gasteiger partial charge on any atom is -0.395 e. The third kappa shape index (κ3) is 3.54. The summed E-state index contributed by atoms with van der Waals surface area (Å²) >= 11 is 2.62. The number of oxime groups is 1. The highest BCUT2D eigenvalue weighted by Crippen LogP contribution is 2.40. The maximum absolute atomic E-state index is 12.7. The first-order valence-corrected chi connectivity index (χ1v) is 10.3. The zero-order valence-electron chi connectivity index (χ0n) is 15.3. The second-order valence-corrected chi connectivity index (χ2v) is 7.92. The van der Waals surface area contributed by atoms with Gasteiger partial charge in [0.15, 0.2) is 16.6 Å². The number of nitrogen functional groups attached to an aromatic ring is 1. The van der Waals surface area contributed by atoms with E-state index < -0.39 is 11.9 Å². The first-order chi connectivity index (χ1) is 13.4. The predicted molar refractivity (Wildman–Crippen MR) is 108 cm³/mol. The topological polar surface area (TPSA) is 127 Å². The van der Waals surface area contributed by atoms with Crippen LogP contribution in [0.4, 0.5) is 5.13 Å². The number of Topliss-reactive ketones (excluding diaryl/α,β-unsaturated/α-hetero) is 1. The first-order valence-electron chi connectivity index (χ1n) is 8.42. The lowest BCUT2D eigenvalue weighted by Gasteiger charge is -2.49. The molecule has 1 aromatic heterocycles. The number of anilines is 1. The summed E-state index contributed by atoms with van der Waals surface area (Å²) in [7, 11) is 0. The number of amides is 2. The molecule has 2 atom stereocenters. The lowest BCUT2D eigenvalue weighted by molar-refractivity contribution is -0.146. The number of rotatable bonds is 7. The van der Waals surface area contributed by atoms with Crippen LogP contribution in [-0.2, 0) is 19.2 Å². The van der Waals surface area contributed by atoms with Gasteiger partial charge in [0.25, 0.3) is 11.8 Å². The van der Waals surface area contributed by atoms with Crippen LogP contribution in [0.1, 0.15) is 19.5 Å². The third-order valence-electron chi connectivity index (χ3n) is 4.13. The number of nitrogens with zero attached hydrogens (tertiary/aromatic N) is 3. The fourth-order valence-electron chi connectivity index (χ4n) is 2.89. The summed E-state index contributed by atoms with van der Waals surface area (Å²) < 4.78 is 0. The third-order valence-corrected chi connectivity index (χ3v) is 6.10. The van der Waals surface area contributed by atoms with E-state index in [9.17, 15) is 14.4 Å². The van der Waals surface area contributed by atoms with Crippen LogP contribution in [0, 0.1) is 0 Å². The van der Waals surface area contributed by atoms with Gasteiger partial charge in [-0.3, -0.25) is 19.3 Å². The molecule has 2 aliphatic heterocycles. The molecule has 1 saturated heterocycles. The molecule has 0 bridgehead atoms. The van der Waals surface area contributed by atoms with Crippen molar-refractivity contribution in [2.24, 2.45) is 5.16 Å². The monoisotopic (exact) mass is 421 g/mol. The number of hydrogen-bond acceptors (Lipinski definition) is 9. The van der Waals surface area contributed by atoms with Gasteiger partial charge in [0.2, 0.25) is 0 Å². The van der Waals surface area contributed by atoms with E-state index in [1.165, 1.54) is 34.9 Å². The smallest absolute Gasteiger partial charge is 0.276 e. The van der Waals surface area contributed by atoms with Crippen LogP contribution >= 0.6 is 23.1 Å². The number of nitrogens with two attached hydrogens (primary N) is 1. The molecule has 9 nitrogen and oxygen atoms in total. The minimum absolute atomic E-state index is 0.0593. The highest BCUT2D eigenvalue weighted by atomic mass is 32.2. The molecule has 0 aromatic carbocycles. The fourth-order valence-corrected chi connectivity index (χ4v) is 4.78. The number of carbonyl (C=O) groups excluding carboxylic acids is 3. The number of fused-ring (bicyclic) bond motifs is 1. The van der Waals surface area contributed by atoms with E-state index >= 15 is 0 Å². The van der Waals surface area contributed by atoms with Gasteiger partial charge >= 0.3 is 0 Å².